The van der Waals surface area contributed by atoms with Gasteiger partial charge in [0.15, 0.2) is 0 Å². The number of carboxylic acids is 1. The van der Waals surface area contributed by atoms with E-state index < -0.39 is 17.7 Å². The quantitative estimate of drug-likeness (QED) is 0.578. The second-order valence-corrected chi connectivity index (χ2v) is 10.2. The highest BCUT2D eigenvalue weighted by molar-refractivity contribution is 9.10. The lowest BCUT2D eigenvalue weighted by Crippen LogP contribution is -2.41. The number of nitrogens with one attached hydrogen (secondary N) is 1. The van der Waals surface area contributed by atoms with Gasteiger partial charge in [-0.25, -0.2) is 9.59 Å². The van der Waals surface area contributed by atoms with E-state index in [1.54, 1.807) is 26.8 Å². The van der Waals surface area contributed by atoms with Crippen LogP contribution in [-0.2, 0) is 11.4 Å². The molecule has 0 radical (unpaired) electrons. The topological polar surface area (TPSA) is 93.0 Å². The number of nitrogens with zero attached hydrogens (tertiary/aromatic N) is 2. The Morgan fingerprint density at radius 3 is 2.44 bits per heavy atom. The normalized spacial score (nSPS) is 15.8. The van der Waals surface area contributed by atoms with Gasteiger partial charge in [0.25, 0.3) is 0 Å². The van der Waals surface area contributed by atoms with Crippen molar-refractivity contribution in [3.05, 3.63) is 28.4 Å². The molecule has 1 aromatic carbocycles. The number of benzene rings is 1. The summed E-state index contributed by atoms with van der Waals surface area (Å²) in [7, 11) is 0. The molecule has 0 spiro atoms. The van der Waals surface area contributed by atoms with Gasteiger partial charge in [0, 0.05) is 24.5 Å². The number of amides is 1. The molecule has 1 amide bonds. The van der Waals surface area contributed by atoms with Gasteiger partial charge in [0.1, 0.15) is 23.1 Å². The number of fused-ring (bicyclic) bond motifs is 1. The molecule has 2 N–H and O–H groups in total. The molecule has 0 bridgehead atoms. The van der Waals surface area contributed by atoms with Gasteiger partial charge in [0.2, 0.25) is 0 Å². The summed E-state index contributed by atoms with van der Waals surface area (Å²) in [4.78, 5) is 26.3. The third kappa shape index (κ3) is 5.95. The van der Waals surface area contributed by atoms with Crippen molar-refractivity contribution in [1.82, 2.24) is 14.8 Å². The van der Waals surface area contributed by atoms with Crippen LogP contribution in [0.5, 0.6) is 5.75 Å². The number of aromatic carboxylic acids is 1. The number of alkyl carbamates (subject to hydrolysis) is 1. The molecule has 32 heavy (non-hydrogen) atoms. The number of ether oxygens (including phenoxy) is 2. The molecule has 0 aliphatic carbocycles. The Hall–Kier alpha value is -2.26. The van der Waals surface area contributed by atoms with Crippen molar-refractivity contribution in [2.45, 2.75) is 71.9 Å². The minimum absolute atomic E-state index is 0.0274. The van der Waals surface area contributed by atoms with E-state index in [0.29, 0.717) is 17.3 Å². The molecule has 0 atom stereocenters. The number of halogens is 1. The first-order valence-electron chi connectivity index (χ1n) is 10.9. The van der Waals surface area contributed by atoms with Crippen molar-refractivity contribution in [2.24, 2.45) is 0 Å². The van der Waals surface area contributed by atoms with Crippen molar-refractivity contribution in [1.29, 1.82) is 0 Å². The van der Waals surface area contributed by atoms with Gasteiger partial charge in [0.05, 0.1) is 16.7 Å². The molecule has 1 aromatic heterocycles. The van der Waals surface area contributed by atoms with Crippen LogP contribution in [0.3, 0.4) is 0 Å². The van der Waals surface area contributed by atoms with E-state index in [2.05, 4.69) is 40.0 Å². The standard InChI is InChI=1S/C23H32BrN3O5/c1-14(2)26-8-6-16(7-9-26)31-20-11-15-10-19(21(28)29)27(18(15)12-17(20)24)13-25-22(30)32-23(3,4)5/h10-12,14,16H,6-9,13H2,1-5H3,(H,25,30)(H,28,29). The third-order valence-electron chi connectivity index (χ3n) is 5.46. The maximum Gasteiger partial charge on any atom is 0.409 e. The second-order valence-electron chi connectivity index (χ2n) is 9.39. The largest absolute Gasteiger partial charge is 0.489 e. The second kappa shape index (κ2) is 9.70. The van der Waals surface area contributed by atoms with E-state index in [1.807, 2.05) is 12.1 Å². The number of hydrogen-bond donors (Lipinski definition) is 2. The molecule has 3 rings (SSSR count). The SMILES string of the molecule is CC(C)N1CCC(Oc2cc3cc(C(=O)O)n(CNC(=O)OC(C)(C)C)c3cc2Br)CC1. The van der Waals surface area contributed by atoms with Crippen LogP contribution in [0.1, 0.15) is 57.9 Å². The summed E-state index contributed by atoms with van der Waals surface area (Å²) in [5.74, 6) is -0.387. The summed E-state index contributed by atoms with van der Waals surface area (Å²) in [6.45, 7) is 11.7. The minimum atomic E-state index is -1.08. The number of carbonyl (C=O) groups is 2. The van der Waals surface area contributed by atoms with Crippen molar-refractivity contribution in [3.63, 3.8) is 0 Å². The smallest absolute Gasteiger partial charge is 0.409 e. The number of likely N-dealkylation sites (tertiary alicyclic amines) is 1. The van der Waals surface area contributed by atoms with Crippen molar-refractivity contribution < 1.29 is 24.2 Å². The van der Waals surface area contributed by atoms with E-state index in [0.717, 1.165) is 35.8 Å². The van der Waals surface area contributed by atoms with Crippen LogP contribution in [0.15, 0.2) is 22.7 Å². The van der Waals surface area contributed by atoms with Crippen LogP contribution in [0.2, 0.25) is 0 Å². The zero-order valence-corrected chi connectivity index (χ0v) is 20.9. The van der Waals surface area contributed by atoms with Crippen LogP contribution in [0.4, 0.5) is 4.79 Å². The Morgan fingerprint density at radius 1 is 1.22 bits per heavy atom. The van der Waals surface area contributed by atoms with Crippen molar-refractivity contribution in [2.75, 3.05) is 13.1 Å². The highest BCUT2D eigenvalue weighted by Gasteiger charge is 2.24. The molecular formula is C23H32BrN3O5. The van der Waals surface area contributed by atoms with E-state index in [-0.39, 0.29) is 18.5 Å². The number of hydrogen-bond acceptors (Lipinski definition) is 5. The average molecular weight is 510 g/mol. The number of carboxylic acid groups (broad SMARTS) is 1. The van der Waals surface area contributed by atoms with Gasteiger partial charge in [-0.2, -0.15) is 0 Å². The van der Waals surface area contributed by atoms with E-state index in [9.17, 15) is 14.7 Å². The van der Waals surface area contributed by atoms with Crippen molar-refractivity contribution >= 4 is 38.9 Å². The number of rotatable bonds is 6. The van der Waals surface area contributed by atoms with Crippen LogP contribution in [0.25, 0.3) is 10.9 Å². The zero-order valence-electron chi connectivity index (χ0n) is 19.3. The molecule has 2 heterocycles. The summed E-state index contributed by atoms with van der Waals surface area (Å²) >= 11 is 3.57. The molecule has 8 nitrogen and oxygen atoms in total. The Morgan fingerprint density at radius 2 is 1.88 bits per heavy atom. The monoisotopic (exact) mass is 509 g/mol. The summed E-state index contributed by atoms with van der Waals surface area (Å²) in [5.41, 5.74) is 0.108. The zero-order chi connectivity index (χ0) is 23.6. The molecule has 9 heteroatoms. The maximum atomic E-state index is 12.1. The molecule has 1 saturated heterocycles. The Balaban J connectivity index is 1.80. The van der Waals surface area contributed by atoms with Crippen LogP contribution >= 0.6 is 15.9 Å². The fraction of sp³-hybridized carbons (Fsp3) is 0.565. The minimum Gasteiger partial charge on any atom is -0.489 e. The first-order chi connectivity index (χ1) is 14.9. The van der Waals surface area contributed by atoms with E-state index in [1.165, 1.54) is 4.57 Å². The summed E-state index contributed by atoms with van der Waals surface area (Å²) in [5, 5.41) is 13.0. The van der Waals surface area contributed by atoms with Gasteiger partial charge in [-0.05, 0) is 81.6 Å². The molecule has 176 valence electrons. The summed E-state index contributed by atoms with van der Waals surface area (Å²) < 4.78 is 13.8. The van der Waals surface area contributed by atoms with E-state index in [4.69, 9.17) is 9.47 Å². The average Bonchev–Trinajstić information content (AvgIpc) is 3.03. The molecule has 0 saturated carbocycles. The first-order valence-corrected chi connectivity index (χ1v) is 11.7. The van der Waals surface area contributed by atoms with E-state index >= 15 is 0 Å². The molecule has 1 aliphatic rings. The van der Waals surface area contributed by atoms with Gasteiger partial charge >= 0.3 is 12.1 Å². The van der Waals surface area contributed by atoms with Gasteiger partial charge in [-0.3, -0.25) is 0 Å². The molecular weight excluding hydrogens is 478 g/mol. The lowest BCUT2D eigenvalue weighted by molar-refractivity contribution is 0.0506. The number of piperidine rings is 1. The van der Waals surface area contributed by atoms with Crippen LogP contribution in [0, 0.1) is 0 Å². The highest BCUT2D eigenvalue weighted by atomic mass is 79.9. The molecule has 2 aromatic rings. The molecule has 1 fully saturated rings. The fourth-order valence-electron chi connectivity index (χ4n) is 3.85. The van der Waals surface area contributed by atoms with Crippen molar-refractivity contribution in [3.8, 4) is 5.75 Å². The summed E-state index contributed by atoms with van der Waals surface area (Å²) in [6.07, 6.45) is 1.41. The van der Waals surface area contributed by atoms with Gasteiger partial charge in [-0.15, -0.1) is 0 Å². The van der Waals surface area contributed by atoms with Crippen LogP contribution in [-0.4, -0.2) is 57.5 Å². The predicted octanol–water partition coefficient (Wildman–Crippen LogP) is 4.84. The predicted molar refractivity (Wildman–Crippen MR) is 126 cm³/mol. The van der Waals surface area contributed by atoms with Crippen LogP contribution < -0.4 is 10.1 Å². The Kier molecular flexibility index (Phi) is 7.39. The maximum absolute atomic E-state index is 12.1. The van der Waals surface area contributed by atoms with Gasteiger partial charge in [-0.1, -0.05) is 0 Å². The number of carbonyl (C=O) groups excluding carboxylic acids is 1. The Labute approximate surface area is 197 Å². The highest BCUT2D eigenvalue weighted by Crippen LogP contribution is 2.34. The Bertz CT molecular complexity index is 988. The fourth-order valence-corrected chi connectivity index (χ4v) is 4.27. The van der Waals surface area contributed by atoms with Gasteiger partial charge < -0.3 is 29.4 Å². The first kappa shape index (κ1) is 24.4. The molecule has 1 aliphatic heterocycles. The molecule has 0 unspecified atom stereocenters. The third-order valence-corrected chi connectivity index (χ3v) is 6.07. The lowest BCUT2D eigenvalue weighted by Gasteiger charge is -2.34. The lowest BCUT2D eigenvalue weighted by atomic mass is 10.1. The number of aromatic nitrogens is 1. The summed E-state index contributed by atoms with van der Waals surface area (Å²) in [6, 6.07) is 5.80.